The van der Waals surface area contributed by atoms with Crippen LogP contribution in [0.15, 0.2) is 0 Å². The van der Waals surface area contributed by atoms with Crippen LogP contribution < -0.4 is 0 Å². The summed E-state index contributed by atoms with van der Waals surface area (Å²) in [6, 6.07) is 0. The normalized spacial score (nSPS) is 13.1. The molecule has 0 saturated carbocycles. The molecule has 0 bridgehead atoms. The molecule has 14 heavy (non-hydrogen) atoms. The molecule has 0 unspecified atom stereocenters. The van der Waals surface area contributed by atoms with Gasteiger partial charge < -0.3 is 0 Å². The predicted octanol–water partition coefficient (Wildman–Crippen LogP) is 4.04. The van der Waals surface area contributed by atoms with Crippen molar-refractivity contribution >= 4 is 7.49 Å². The molecule has 0 spiro atoms. The monoisotopic (exact) mass is 220 g/mol. The summed E-state index contributed by atoms with van der Waals surface area (Å²) in [6.07, 6.45) is 10.8. The third-order valence-electron chi connectivity index (χ3n) is 2.99. The van der Waals surface area contributed by atoms with E-state index in [-0.39, 0.29) is 0 Å². The van der Waals surface area contributed by atoms with E-state index < -0.39 is 7.49 Å². The molecule has 0 aliphatic carbocycles. The Bertz CT molecular complexity index is 104. The maximum atomic E-state index is 10.5. The van der Waals surface area contributed by atoms with Crippen molar-refractivity contribution in [2.24, 2.45) is 0 Å². The molecular formula is C12H29OP. The fourth-order valence-corrected chi connectivity index (χ4v) is 5.68. The van der Waals surface area contributed by atoms with Gasteiger partial charge in [-0.3, -0.25) is 0 Å². The first-order chi connectivity index (χ1) is 6.68. The Morgan fingerprint density at radius 2 is 1.00 bits per heavy atom. The molecule has 0 aromatic rings. The van der Waals surface area contributed by atoms with Crippen LogP contribution in [0, 0.1) is 0 Å². The van der Waals surface area contributed by atoms with Gasteiger partial charge in [-0.1, -0.05) is 0 Å². The van der Waals surface area contributed by atoms with Crippen LogP contribution in [-0.4, -0.2) is 23.4 Å². The second-order valence-electron chi connectivity index (χ2n) is 4.54. The van der Waals surface area contributed by atoms with E-state index in [9.17, 15) is 4.89 Å². The van der Waals surface area contributed by atoms with Gasteiger partial charge in [-0.15, -0.1) is 0 Å². The van der Waals surface area contributed by atoms with Crippen molar-refractivity contribution < 1.29 is 4.89 Å². The van der Waals surface area contributed by atoms with Crippen LogP contribution in [0.4, 0.5) is 0 Å². The molecule has 0 amide bonds. The zero-order valence-electron chi connectivity index (χ0n) is 10.3. The van der Waals surface area contributed by atoms with Crippen LogP contribution in [0.25, 0.3) is 0 Å². The zero-order chi connectivity index (χ0) is 10.9. The molecule has 2 heteroatoms. The van der Waals surface area contributed by atoms with Crippen LogP contribution in [0.5, 0.6) is 0 Å². The third-order valence-corrected chi connectivity index (χ3v) is 6.84. The molecule has 1 N–H and O–H groups in total. The Hall–Kier alpha value is 0.390. The standard InChI is InChI=1S/C12H29OP/c1-4-7-10-14(13,11-8-5-2)12-9-6-3/h13-14H,4-12H2,1-3H3. The van der Waals surface area contributed by atoms with Gasteiger partial charge in [0, 0.05) is 0 Å². The van der Waals surface area contributed by atoms with Gasteiger partial charge in [0.2, 0.25) is 0 Å². The number of hydrogen-bond acceptors (Lipinski definition) is 1. The van der Waals surface area contributed by atoms with E-state index in [0.29, 0.717) is 0 Å². The molecule has 0 atom stereocenters. The van der Waals surface area contributed by atoms with Crippen molar-refractivity contribution in [2.45, 2.75) is 59.3 Å². The Morgan fingerprint density at radius 1 is 0.714 bits per heavy atom. The fraction of sp³-hybridized carbons (Fsp3) is 1.00. The molecule has 1 nitrogen and oxygen atoms in total. The van der Waals surface area contributed by atoms with Crippen LogP contribution in [0.1, 0.15) is 59.3 Å². The fourth-order valence-electron chi connectivity index (χ4n) is 1.89. The topological polar surface area (TPSA) is 20.2 Å². The molecule has 0 aliphatic heterocycles. The van der Waals surface area contributed by atoms with Gasteiger partial charge in [-0.2, -0.15) is 0 Å². The Kier molecular flexibility index (Phi) is 8.92. The minimum atomic E-state index is -1.81. The van der Waals surface area contributed by atoms with Crippen LogP contribution >= 0.6 is 7.49 Å². The van der Waals surface area contributed by atoms with Gasteiger partial charge in [0.05, 0.1) is 0 Å². The van der Waals surface area contributed by atoms with Crippen LogP contribution in [0.3, 0.4) is 0 Å². The molecule has 88 valence electrons. The summed E-state index contributed by atoms with van der Waals surface area (Å²) in [4.78, 5) is 10.5. The van der Waals surface area contributed by atoms with E-state index in [1.165, 1.54) is 38.5 Å². The molecule has 0 heterocycles. The van der Waals surface area contributed by atoms with Crippen LogP contribution in [0.2, 0.25) is 0 Å². The van der Waals surface area contributed by atoms with Gasteiger partial charge in [-0.25, -0.2) is 0 Å². The first-order valence-electron chi connectivity index (χ1n) is 6.41. The van der Waals surface area contributed by atoms with E-state index in [0.717, 1.165) is 18.5 Å². The molecule has 0 aliphatic rings. The Balaban J connectivity index is 3.89. The average molecular weight is 220 g/mol. The SMILES string of the molecule is CCCC[PH](O)(CCCC)CCCC. The molecule has 0 rings (SSSR count). The average Bonchev–Trinajstić information content (AvgIpc) is 2.21. The predicted molar refractivity (Wildman–Crippen MR) is 69.9 cm³/mol. The molecule has 0 saturated heterocycles. The van der Waals surface area contributed by atoms with E-state index in [1.54, 1.807) is 0 Å². The molecule has 0 fully saturated rings. The number of hydrogen-bond donors (Lipinski definition) is 1. The molecule has 0 aromatic carbocycles. The Morgan fingerprint density at radius 3 is 1.21 bits per heavy atom. The summed E-state index contributed by atoms with van der Waals surface area (Å²) in [5.41, 5.74) is 0. The van der Waals surface area contributed by atoms with Crippen molar-refractivity contribution in [1.29, 1.82) is 0 Å². The van der Waals surface area contributed by atoms with Crippen molar-refractivity contribution in [3.63, 3.8) is 0 Å². The van der Waals surface area contributed by atoms with E-state index in [4.69, 9.17) is 0 Å². The van der Waals surface area contributed by atoms with Gasteiger partial charge in [0.1, 0.15) is 0 Å². The molecule has 0 radical (unpaired) electrons. The minimum absolute atomic E-state index is 1.14. The van der Waals surface area contributed by atoms with Gasteiger partial charge >= 0.3 is 90.2 Å². The first-order valence-corrected chi connectivity index (χ1v) is 8.97. The first kappa shape index (κ1) is 14.4. The van der Waals surface area contributed by atoms with E-state index >= 15 is 0 Å². The van der Waals surface area contributed by atoms with Crippen LogP contribution in [-0.2, 0) is 0 Å². The Labute approximate surface area is 90.7 Å². The second-order valence-corrected chi connectivity index (χ2v) is 8.48. The molecular weight excluding hydrogens is 191 g/mol. The molecule has 0 aromatic heterocycles. The maximum absolute atomic E-state index is 10.5. The third kappa shape index (κ3) is 6.79. The summed E-state index contributed by atoms with van der Waals surface area (Å²) in [5, 5.41) is 0. The van der Waals surface area contributed by atoms with Gasteiger partial charge in [-0.05, 0) is 0 Å². The second kappa shape index (κ2) is 8.68. The van der Waals surface area contributed by atoms with Crippen molar-refractivity contribution in [3.05, 3.63) is 0 Å². The number of rotatable bonds is 9. The van der Waals surface area contributed by atoms with Gasteiger partial charge in [0.15, 0.2) is 0 Å². The zero-order valence-corrected chi connectivity index (χ0v) is 11.3. The number of unbranched alkanes of at least 4 members (excludes halogenated alkanes) is 3. The van der Waals surface area contributed by atoms with Crippen molar-refractivity contribution in [1.82, 2.24) is 0 Å². The summed E-state index contributed by atoms with van der Waals surface area (Å²) in [5.74, 6) is 0. The summed E-state index contributed by atoms with van der Waals surface area (Å²) in [6.45, 7) is 6.65. The van der Waals surface area contributed by atoms with Crippen molar-refractivity contribution in [2.75, 3.05) is 18.5 Å². The summed E-state index contributed by atoms with van der Waals surface area (Å²) >= 11 is 0. The van der Waals surface area contributed by atoms with E-state index in [2.05, 4.69) is 20.8 Å². The van der Waals surface area contributed by atoms with Gasteiger partial charge in [0.25, 0.3) is 0 Å². The van der Waals surface area contributed by atoms with Crippen molar-refractivity contribution in [3.8, 4) is 0 Å². The van der Waals surface area contributed by atoms with E-state index in [1.807, 2.05) is 0 Å². The summed E-state index contributed by atoms with van der Waals surface area (Å²) in [7, 11) is -1.81. The summed E-state index contributed by atoms with van der Waals surface area (Å²) < 4.78 is 0. The quantitative estimate of drug-likeness (QED) is 0.581.